The zero-order valence-corrected chi connectivity index (χ0v) is 17.4. The summed E-state index contributed by atoms with van der Waals surface area (Å²) in [4.78, 5) is 0. The number of H-pyrrole nitrogens is 1. The van der Waals surface area contributed by atoms with Crippen molar-refractivity contribution >= 4 is 0 Å². The van der Waals surface area contributed by atoms with Gasteiger partial charge in [0.1, 0.15) is 17.4 Å². The lowest BCUT2D eigenvalue weighted by Gasteiger charge is -2.25. The lowest BCUT2D eigenvalue weighted by molar-refractivity contribution is 0.334. The minimum absolute atomic E-state index is 0.0247. The summed E-state index contributed by atoms with van der Waals surface area (Å²) in [6, 6.07) is 15.3. The maximum absolute atomic E-state index is 9.91. The van der Waals surface area contributed by atoms with Gasteiger partial charge in [-0.2, -0.15) is 5.26 Å². The standard InChI is InChI=1S/C23H22N4O4/c1-4-30-16-8-6-5-7-14(16)19-15(12-24)22(25)31-23-20(19)21(26-27-23)13-9-10-17(28-2)18(11-13)29-3/h5-11,19H,4,25H2,1-3H3,(H,26,27). The van der Waals surface area contributed by atoms with Crippen molar-refractivity contribution in [1.29, 1.82) is 5.26 Å². The number of rotatable bonds is 6. The molecule has 2 aromatic carbocycles. The van der Waals surface area contributed by atoms with Crippen LogP contribution >= 0.6 is 0 Å². The predicted molar refractivity (Wildman–Crippen MR) is 114 cm³/mol. The van der Waals surface area contributed by atoms with E-state index in [0.717, 1.165) is 11.1 Å². The van der Waals surface area contributed by atoms with Crippen molar-refractivity contribution in [2.45, 2.75) is 12.8 Å². The molecule has 8 heteroatoms. The topological polar surface area (TPSA) is 115 Å². The maximum atomic E-state index is 9.91. The van der Waals surface area contributed by atoms with Gasteiger partial charge in [-0.1, -0.05) is 18.2 Å². The average molecular weight is 418 g/mol. The van der Waals surface area contributed by atoms with E-state index in [2.05, 4.69) is 16.3 Å². The van der Waals surface area contributed by atoms with Gasteiger partial charge < -0.3 is 24.7 Å². The first-order valence-corrected chi connectivity index (χ1v) is 9.72. The molecule has 0 spiro atoms. The van der Waals surface area contributed by atoms with Gasteiger partial charge in [-0.15, -0.1) is 5.10 Å². The number of para-hydroxylation sites is 1. The number of nitrogens with zero attached hydrogens (tertiary/aromatic N) is 2. The maximum Gasteiger partial charge on any atom is 0.244 e. The molecular weight excluding hydrogens is 396 g/mol. The van der Waals surface area contributed by atoms with Crippen molar-refractivity contribution in [3.8, 4) is 40.5 Å². The van der Waals surface area contributed by atoms with Gasteiger partial charge in [-0.25, -0.2) is 0 Å². The fourth-order valence-electron chi connectivity index (χ4n) is 3.77. The van der Waals surface area contributed by atoms with Crippen LogP contribution in [0, 0.1) is 11.3 Å². The summed E-state index contributed by atoms with van der Waals surface area (Å²) in [6.45, 7) is 2.40. The van der Waals surface area contributed by atoms with Crippen LogP contribution in [-0.4, -0.2) is 31.0 Å². The van der Waals surface area contributed by atoms with E-state index in [-0.39, 0.29) is 5.88 Å². The number of allylic oxidation sites excluding steroid dienone is 1. The number of hydrogen-bond donors (Lipinski definition) is 2. The molecular formula is C23H22N4O4. The van der Waals surface area contributed by atoms with Crippen LogP contribution in [0.25, 0.3) is 11.3 Å². The summed E-state index contributed by atoms with van der Waals surface area (Å²) in [5.41, 5.74) is 9.37. The van der Waals surface area contributed by atoms with Crippen molar-refractivity contribution in [3.63, 3.8) is 0 Å². The Hall–Kier alpha value is -4.12. The Bertz CT molecular complexity index is 1190. The number of nitriles is 1. The lowest BCUT2D eigenvalue weighted by atomic mass is 9.82. The molecule has 0 saturated heterocycles. The van der Waals surface area contributed by atoms with Crippen LogP contribution in [-0.2, 0) is 0 Å². The number of fused-ring (bicyclic) bond motifs is 1. The molecule has 0 aliphatic carbocycles. The zero-order chi connectivity index (χ0) is 22.0. The number of benzene rings is 2. The highest BCUT2D eigenvalue weighted by molar-refractivity contribution is 5.73. The van der Waals surface area contributed by atoms with Gasteiger partial charge in [0.15, 0.2) is 11.5 Å². The Labute approximate surface area is 179 Å². The second-order valence-electron chi connectivity index (χ2n) is 6.78. The molecule has 1 aliphatic rings. The second kappa shape index (κ2) is 8.32. The first kappa shape index (κ1) is 20.2. The number of nitrogens with one attached hydrogen (secondary N) is 1. The van der Waals surface area contributed by atoms with Gasteiger partial charge in [-0.3, -0.25) is 5.10 Å². The average Bonchev–Trinajstić information content (AvgIpc) is 3.21. The zero-order valence-electron chi connectivity index (χ0n) is 17.4. The molecule has 4 rings (SSSR count). The van der Waals surface area contributed by atoms with Crippen LogP contribution < -0.4 is 24.7 Å². The summed E-state index contributed by atoms with van der Waals surface area (Å²) < 4.78 is 22.3. The molecule has 1 atom stereocenters. The molecule has 8 nitrogen and oxygen atoms in total. The van der Waals surface area contributed by atoms with Crippen LogP contribution in [0.1, 0.15) is 24.0 Å². The van der Waals surface area contributed by atoms with Crippen molar-refractivity contribution in [3.05, 3.63) is 65.0 Å². The van der Waals surface area contributed by atoms with Crippen LogP contribution in [0.2, 0.25) is 0 Å². The SMILES string of the molecule is CCOc1ccccc1C1C(C#N)=C(N)Oc2n[nH]c(-c3ccc(OC)c(OC)c3)c21. The van der Waals surface area contributed by atoms with Crippen molar-refractivity contribution in [2.75, 3.05) is 20.8 Å². The highest BCUT2D eigenvalue weighted by atomic mass is 16.5. The van der Waals surface area contributed by atoms with Crippen LogP contribution in [0.5, 0.6) is 23.1 Å². The third kappa shape index (κ3) is 3.40. The summed E-state index contributed by atoms with van der Waals surface area (Å²) in [5, 5.41) is 17.3. The number of methoxy groups -OCH3 is 2. The first-order chi connectivity index (χ1) is 15.1. The van der Waals surface area contributed by atoms with Gasteiger partial charge in [-0.05, 0) is 31.2 Å². The molecule has 0 saturated carbocycles. The van der Waals surface area contributed by atoms with E-state index in [4.69, 9.17) is 24.7 Å². The van der Waals surface area contributed by atoms with E-state index in [1.807, 2.05) is 49.4 Å². The number of hydrogen-bond acceptors (Lipinski definition) is 7. The Balaban J connectivity index is 1.94. The molecule has 1 aliphatic heterocycles. The van der Waals surface area contributed by atoms with E-state index >= 15 is 0 Å². The Morgan fingerprint density at radius 2 is 1.90 bits per heavy atom. The Morgan fingerprint density at radius 3 is 2.61 bits per heavy atom. The molecule has 0 fully saturated rings. The monoisotopic (exact) mass is 418 g/mol. The van der Waals surface area contributed by atoms with E-state index in [1.54, 1.807) is 14.2 Å². The van der Waals surface area contributed by atoms with Crippen LogP contribution in [0.3, 0.4) is 0 Å². The summed E-state index contributed by atoms with van der Waals surface area (Å²) in [6.07, 6.45) is 0. The summed E-state index contributed by atoms with van der Waals surface area (Å²) in [5.74, 6) is 1.67. The van der Waals surface area contributed by atoms with Crippen LogP contribution in [0.15, 0.2) is 53.9 Å². The lowest BCUT2D eigenvalue weighted by Crippen LogP contribution is -2.21. The fourth-order valence-corrected chi connectivity index (χ4v) is 3.77. The third-order valence-corrected chi connectivity index (χ3v) is 5.14. The number of aromatic amines is 1. The van der Waals surface area contributed by atoms with E-state index in [1.165, 1.54) is 0 Å². The molecule has 2 heterocycles. The van der Waals surface area contributed by atoms with E-state index in [9.17, 15) is 5.26 Å². The first-order valence-electron chi connectivity index (χ1n) is 9.72. The molecule has 0 radical (unpaired) electrons. The molecule has 1 unspecified atom stereocenters. The van der Waals surface area contributed by atoms with Crippen molar-refractivity contribution < 1.29 is 18.9 Å². The molecule has 0 amide bonds. The fraction of sp³-hybridized carbons (Fsp3) is 0.217. The molecule has 0 bridgehead atoms. The van der Waals surface area contributed by atoms with Gasteiger partial charge in [0.25, 0.3) is 0 Å². The predicted octanol–water partition coefficient (Wildman–Crippen LogP) is 3.71. The molecule has 158 valence electrons. The molecule has 3 aromatic rings. The smallest absolute Gasteiger partial charge is 0.244 e. The largest absolute Gasteiger partial charge is 0.494 e. The molecule has 3 N–H and O–H groups in total. The van der Waals surface area contributed by atoms with Gasteiger partial charge in [0.2, 0.25) is 11.8 Å². The number of ether oxygens (including phenoxy) is 4. The third-order valence-electron chi connectivity index (χ3n) is 5.14. The Kier molecular flexibility index (Phi) is 5.41. The second-order valence-corrected chi connectivity index (χ2v) is 6.78. The Morgan fingerprint density at radius 1 is 1.13 bits per heavy atom. The van der Waals surface area contributed by atoms with Gasteiger partial charge in [0, 0.05) is 11.1 Å². The van der Waals surface area contributed by atoms with Crippen molar-refractivity contribution in [2.24, 2.45) is 5.73 Å². The van der Waals surface area contributed by atoms with Gasteiger partial charge >= 0.3 is 0 Å². The quantitative estimate of drug-likeness (QED) is 0.627. The van der Waals surface area contributed by atoms with E-state index < -0.39 is 5.92 Å². The van der Waals surface area contributed by atoms with Gasteiger partial charge in [0.05, 0.1) is 38.0 Å². The summed E-state index contributed by atoms with van der Waals surface area (Å²) >= 11 is 0. The molecule has 1 aromatic heterocycles. The minimum Gasteiger partial charge on any atom is -0.494 e. The van der Waals surface area contributed by atoms with Crippen LogP contribution in [0.4, 0.5) is 0 Å². The number of nitrogens with two attached hydrogens (primary N) is 1. The van der Waals surface area contributed by atoms with Crippen molar-refractivity contribution in [1.82, 2.24) is 10.2 Å². The normalized spacial score (nSPS) is 15.0. The highest BCUT2D eigenvalue weighted by Crippen LogP contribution is 2.48. The summed E-state index contributed by atoms with van der Waals surface area (Å²) in [7, 11) is 3.16. The minimum atomic E-state index is -0.515. The molecule has 31 heavy (non-hydrogen) atoms. The number of aromatic nitrogens is 2. The highest BCUT2D eigenvalue weighted by Gasteiger charge is 2.37. The van der Waals surface area contributed by atoms with E-state index in [0.29, 0.717) is 46.6 Å².